The van der Waals surface area contributed by atoms with Gasteiger partial charge in [0.15, 0.2) is 0 Å². The second-order valence-electron chi connectivity index (χ2n) is 4.90. The molecule has 1 N–H and O–H groups in total. The lowest BCUT2D eigenvalue weighted by Gasteiger charge is -2.25. The fraction of sp³-hybridized carbons (Fsp3) is 0.571. The van der Waals surface area contributed by atoms with Crippen LogP contribution in [0.1, 0.15) is 20.3 Å². The summed E-state index contributed by atoms with van der Waals surface area (Å²) in [4.78, 5) is 2.43. The third kappa shape index (κ3) is 3.13. The van der Waals surface area contributed by atoms with Crippen LogP contribution in [0.2, 0.25) is 0 Å². The quantitative estimate of drug-likeness (QED) is 0.849. The van der Waals surface area contributed by atoms with Crippen molar-refractivity contribution >= 4 is 5.69 Å². The summed E-state index contributed by atoms with van der Waals surface area (Å²) >= 11 is 0. The number of hydrogen-bond acceptors (Lipinski definition) is 3. The Morgan fingerprint density at radius 3 is 2.88 bits per heavy atom. The first kappa shape index (κ1) is 12.2. The van der Waals surface area contributed by atoms with Crippen molar-refractivity contribution < 1.29 is 4.74 Å². The highest BCUT2D eigenvalue weighted by Crippen LogP contribution is 2.22. The molecule has 3 heteroatoms. The van der Waals surface area contributed by atoms with E-state index < -0.39 is 0 Å². The average molecular weight is 234 g/mol. The van der Waals surface area contributed by atoms with Crippen LogP contribution in [0.5, 0.6) is 5.75 Å². The Hall–Kier alpha value is -1.22. The number of ether oxygens (including phenoxy) is 1. The highest BCUT2D eigenvalue weighted by Gasteiger charge is 2.18. The Kier molecular flexibility index (Phi) is 3.89. The van der Waals surface area contributed by atoms with E-state index in [1.165, 1.54) is 12.1 Å². The summed E-state index contributed by atoms with van der Waals surface area (Å²) < 4.78 is 5.28. The molecule has 1 saturated heterocycles. The second-order valence-corrected chi connectivity index (χ2v) is 4.90. The molecule has 0 aromatic heterocycles. The second kappa shape index (κ2) is 5.41. The van der Waals surface area contributed by atoms with Gasteiger partial charge >= 0.3 is 0 Å². The zero-order valence-corrected chi connectivity index (χ0v) is 10.9. The van der Waals surface area contributed by atoms with Gasteiger partial charge in [-0.25, -0.2) is 0 Å². The minimum absolute atomic E-state index is 0.527. The third-order valence-corrected chi connectivity index (χ3v) is 3.31. The Morgan fingerprint density at radius 2 is 2.12 bits per heavy atom. The Morgan fingerprint density at radius 1 is 1.29 bits per heavy atom. The number of benzene rings is 1. The Bertz CT molecular complexity index is 367. The van der Waals surface area contributed by atoms with Crippen LogP contribution in [0.15, 0.2) is 24.3 Å². The lowest BCUT2D eigenvalue weighted by Crippen LogP contribution is -2.37. The zero-order valence-electron chi connectivity index (χ0n) is 10.9. The molecule has 1 fully saturated rings. The van der Waals surface area contributed by atoms with Crippen LogP contribution in [-0.4, -0.2) is 32.3 Å². The normalized spacial score (nSPS) is 25.5. The smallest absolute Gasteiger partial charge is 0.120 e. The molecule has 0 saturated carbocycles. The van der Waals surface area contributed by atoms with E-state index in [9.17, 15) is 0 Å². The molecule has 94 valence electrons. The molecule has 1 aliphatic heterocycles. The maximum atomic E-state index is 5.28. The molecule has 1 aromatic rings. The molecule has 0 spiro atoms. The van der Waals surface area contributed by atoms with Gasteiger partial charge in [0.2, 0.25) is 0 Å². The fourth-order valence-corrected chi connectivity index (χ4v) is 2.43. The molecular formula is C14H22N2O. The van der Waals surface area contributed by atoms with E-state index in [2.05, 4.69) is 42.3 Å². The van der Waals surface area contributed by atoms with E-state index >= 15 is 0 Å². The molecule has 1 aromatic carbocycles. The summed E-state index contributed by atoms with van der Waals surface area (Å²) in [7, 11) is 1.72. The summed E-state index contributed by atoms with van der Waals surface area (Å²) in [5, 5.41) is 3.60. The van der Waals surface area contributed by atoms with Crippen LogP contribution in [0.25, 0.3) is 0 Å². The molecule has 3 nitrogen and oxygen atoms in total. The van der Waals surface area contributed by atoms with Gasteiger partial charge in [0, 0.05) is 36.9 Å². The first-order chi connectivity index (χ1) is 8.19. The molecule has 17 heavy (non-hydrogen) atoms. The van der Waals surface area contributed by atoms with Crippen molar-refractivity contribution in [3.8, 4) is 5.75 Å². The molecule has 0 amide bonds. The lowest BCUT2D eigenvalue weighted by molar-refractivity contribution is 0.414. The molecule has 0 aliphatic carbocycles. The van der Waals surface area contributed by atoms with Crippen molar-refractivity contribution in [1.82, 2.24) is 5.32 Å². The highest BCUT2D eigenvalue weighted by molar-refractivity contribution is 5.51. The van der Waals surface area contributed by atoms with Crippen molar-refractivity contribution in [1.29, 1.82) is 0 Å². The molecule has 0 bridgehead atoms. The van der Waals surface area contributed by atoms with E-state index in [1.807, 2.05) is 6.07 Å². The zero-order chi connectivity index (χ0) is 12.3. The minimum Gasteiger partial charge on any atom is -0.497 e. The van der Waals surface area contributed by atoms with Crippen LogP contribution in [-0.2, 0) is 0 Å². The van der Waals surface area contributed by atoms with Crippen molar-refractivity contribution in [2.24, 2.45) is 0 Å². The van der Waals surface area contributed by atoms with Gasteiger partial charge in [0.05, 0.1) is 7.11 Å². The van der Waals surface area contributed by atoms with Crippen LogP contribution in [0.4, 0.5) is 5.69 Å². The van der Waals surface area contributed by atoms with Gasteiger partial charge in [-0.1, -0.05) is 6.07 Å². The van der Waals surface area contributed by atoms with Crippen LogP contribution in [0, 0.1) is 0 Å². The van der Waals surface area contributed by atoms with E-state index in [-0.39, 0.29) is 0 Å². The third-order valence-electron chi connectivity index (χ3n) is 3.31. The summed E-state index contributed by atoms with van der Waals surface area (Å²) in [5.41, 5.74) is 1.26. The van der Waals surface area contributed by atoms with Gasteiger partial charge in [-0.2, -0.15) is 0 Å². The number of nitrogens with zero attached hydrogens (tertiary/aromatic N) is 1. The van der Waals surface area contributed by atoms with E-state index in [4.69, 9.17) is 4.74 Å². The van der Waals surface area contributed by atoms with E-state index in [0.717, 1.165) is 18.8 Å². The molecule has 2 rings (SSSR count). The number of rotatable bonds is 2. The summed E-state index contributed by atoms with van der Waals surface area (Å²) in [5.74, 6) is 0.931. The molecule has 1 aliphatic rings. The summed E-state index contributed by atoms with van der Waals surface area (Å²) in [6, 6.07) is 9.44. The number of methoxy groups -OCH3 is 1. The predicted molar refractivity (Wildman–Crippen MR) is 71.9 cm³/mol. The van der Waals surface area contributed by atoms with Crippen molar-refractivity contribution in [2.75, 3.05) is 25.1 Å². The molecule has 1 heterocycles. The molecule has 2 atom stereocenters. The Labute approximate surface area is 104 Å². The molecule has 2 unspecified atom stereocenters. The monoisotopic (exact) mass is 234 g/mol. The summed E-state index contributed by atoms with van der Waals surface area (Å²) in [6.45, 7) is 6.66. The van der Waals surface area contributed by atoms with Gasteiger partial charge in [0.1, 0.15) is 5.75 Å². The minimum atomic E-state index is 0.527. The van der Waals surface area contributed by atoms with Crippen LogP contribution >= 0.6 is 0 Å². The first-order valence-corrected chi connectivity index (χ1v) is 6.34. The maximum absolute atomic E-state index is 5.28. The summed E-state index contributed by atoms with van der Waals surface area (Å²) in [6.07, 6.45) is 1.18. The van der Waals surface area contributed by atoms with Gasteiger partial charge in [-0.05, 0) is 32.4 Å². The Balaban J connectivity index is 2.14. The van der Waals surface area contributed by atoms with Crippen molar-refractivity contribution in [2.45, 2.75) is 32.4 Å². The standard InChI is InChI=1S/C14H22N2O/c1-11-7-8-16(10-12(2)15-11)13-5-4-6-14(9-13)17-3/h4-6,9,11-12,15H,7-8,10H2,1-3H3. The first-order valence-electron chi connectivity index (χ1n) is 6.34. The average Bonchev–Trinajstić information content (AvgIpc) is 2.50. The fourth-order valence-electron chi connectivity index (χ4n) is 2.43. The SMILES string of the molecule is COc1cccc(N2CCC(C)NC(C)C2)c1. The topological polar surface area (TPSA) is 24.5 Å². The highest BCUT2D eigenvalue weighted by atomic mass is 16.5. The van der Waals surface area contributed by atoms with Gasteiger partial charge in [-0.3, -0.25) is 0 Å². The van der Waals surface area contributed by atoms with Gasteiger partial charge < -0.3 is 15.0 Å². The largest absolute Gasteiger partial charge is 0.497 e. The number of hydrogen-bond donors (Lipinski definition) is 1. The van der Waals surface area contributed by atoms with Gasteiger partial charge in [0.25, 0.3) is 0 Å². The predicted octanol–water partition coefficient (Wildman–Crippen LogP) is 2.27. The van der Waals surface area contributed by atoms with Crippen molar-refractivity contribution in [3.63, 3.8) is 0 Å². The van der Waals surface area contributed by atoms with Gasteiger partial charge in [-0.15, -0.1) is 0 Å². The number of nitrogens with one attached hydrogen (secondary N) is 1. The lowest BCUT2D eigenvalue weighted by atomic mass is 10.2. The van der Waals surface area contributed by atoms with E-state index in [1.54, 1.807) is 7.11 Å². The molecule has 0 radical (unpaired) electrons. The van der Waals surface area contributed by atoms with Crippen molar-refractivity contribution in [3.05, 3.63) is 24.3 Å². The van der Waals surface area contributed by atoms with E-state index in [0.29, 0.717) is 12.1 Å². The maximum Gasteiger partial charge on any atom is 0.120 e. The number of anilines is 1. The van der Waals surface area contributed by atoms with Crippen LogP contribution < -0.4 is 15.0 Å². The molecular weight excluding hydrogens is 212 g/mol. The van der Waals surface area contributed by atoms with Crippen LogP contribution in [0.3, 0.4) is 0 Å².